The molecule has 0 amide bonds. The fourth-order valence-corrected chi connectivity index (χ4v) is 4.09. The van der Waals surface area contributed by atoms with Crippen LogP contribution in [0, 0.1) is 0 Å². The average molecular weight is 400 g/mol. The Morgan fingerprint density at radius 2 is 0.815 bits per heavy atom. The van der Waals surface area contributed by atoms with Gasteiger partial charge in [0, 0.05) is 10.2 Å². The summed E-state index contributed by atoms with van der Waals surface area (Å²) in [6.45, 7) is 3.83. The zero-order valence-electron chi connectivity index (χ0n) is 19.8. The van der Waals surface area contributed by atoms with Gasteiger partial charge >= 0.3 is 0 Å². The lowest BCUT2D eigenvalue weighted by Gasteiger charge is -2.23. The Bertz CT molecular complexity index is 276. The van der Waals surface area contributed by atoms with Crippen molar-refractivity contribution in [2.24, 2.45) is 0 Å². The molecule has 0 rings (SSSR count). The SMILES string of the molecule is C[N+](C)(C)CCCCCCCCCCCCCCCCCCNCCC[SiH3]. The summed E-state index contributed by atoms with van der Waals surface area (Å²) in [6, 6.07) is 1.45. The summed E-state index contributed by atoms with van der Waals surface area (Å²) < 4.78 is 1.12. The van der Waals surface area contributed by atoms with Crippen molar-refractivity contribution in [3.63, 3.8) is 0 Å². The Balaban J connectivity index is 3.01. The van der Waals surface area contributed by atoms with Crippen LogP contribution in [0.5, 0.6) is 0 Å². The van der Waals surface area contributed by atoms with Gasteiger partial charge in [-0.2, -0.15) is 0 Å². The van der Waals surface area contributed by atoms with Crippen LogP contribution in [0.2, 0.25) is 6.04 Å². The highest BCUT2D eigenvalue weighted by Gasteiger charge is 2.04. The molecule has 0 aromatic carbocycles. The summed E-state index contributed by atoms with van der Waals surface area (Å²) >= 11 is 0. The van der Waals surface area contributed by atoms with Crippen LogP contribution in [0.4, 0.5) is 0 Å². The smallest absolute Gasteiger partial charge is 0.0780 e. The summed E-state index contributed by atoms with van der Waals surface area (Å²) in [4.78, 5) is 0. The third-order valence-corrected chi connectivity index (χ3v) is 6.35. The molecule has 0 fully saturated rings. The van der Waals surface area contributed by atoms with E-state index in [-0.39, 0.29) is 0 Å². The van der Waals surface area contributed by atoms with Crippen molar-refractivity contribution in [3.05, 3.63) is 0 Å². The molecular formula is C24H55N2Si+. The average Bonchev–Trinajstić information content (AvgIpc) is 2.62. The first-order valence-corrected chi connectivity index (χ1v) is 14.0. The Hall–Kier alpha value is 0.137. The highest BCUT2D eigenvalue weighted by atomic mass is 28.1. The Kier molecular flexibility index (Phi) is 21.0. The van der Waals surface area contributed by atoms with Gasteiger partial charge in [0.25, 0.3) is 0 Å². The van der Waals surface area contributed by atoms with E-state index < -0.39 is 0 Å². The molecule has 0 aliphatic carbocycles. The van der Waals surface area contributed by atoms with E-state index in [4.69, 9.17) is 0 Å². The van der Waals surface area contributed by atoms with E-state index in [0.29, 0.717) is 0 Å². The van der Waals surface area contributed by atoms with Crippen LogP contribution >= 0.6 is 0 Å². The molecule has 3 heteroatoms. The fourth-order valence-electron chi connectivity index (χ4n) is 3.74. The molecule has 2 nitrogen and oxygen atoms in total. The minimum absolute atomic E-state index is 1.12. The van der Waals surface area contributed by atoms with Gasteiger partial charge in [-0.1, -0.05) is 89.5 Å². The maximum Gasteiger partial charge on any atom is 0.0780 e. The predicted molar refractivity (Wildman–Crippen MR) is 129 cm³/mol. The molecule has 164 valence electrons. The molecule has 0 heterocycles. The Morgan fingerprint density at radius 3 is 1.19 bits per heavy atom. The third-order valence-electron chi connectivity index (χ3n) is 5.64. The fraction of sp³-hybridized carbons (Fsp3) is 1.00. The number of nitrogens with zero attached hydrogens (tertiary/aromatic N) is 1. The molecule has 0 radical (unpaired) electrons. The van der Waals surface area contributed by atoms with Gasteiger partial charge in [0.05, 0.1) is 27.7 Å². The Labute approximate surface area is 176 Å². The largest absolute Gasteiger partial charge is 0.331 e. The van der Waals surface area contributed by atoms with Crippen LogP contribution in [0.3, 0.4) is 0 Å². The number of rotatable bonds is 22. The monoisotopic (exact) mass is 399 g/mol. The highest BCUT2D eigenvalue weighted by Crippen LogP contribution is 2.14. The van der Waals surface area contributed by atoms with Crippen LogP contribution in [0.1, 0.15) is 109 Å². The molecule has 0 aromatic heterocycles. The maximum atomic E-state index is 3.57. The second-order valence-corrected chi connectivity index (χ2v) is 10.8. The van der Waals surface area contributed by atoms with E-state index >= 15 is 0 Å². The van der Waals surface area contributed by atoms with Crippen LogP contribution in [0.25, 0.3) is 0 Å². The molecule has 0 saturated carbocycles. The topological polar surface area (TPSA) is 12.0 Å². The van der Waals surface area contributed by atoms with Crippen molar-refractivity contribution in [1.82, 2.24) is 5.32 Å². The number of hydrogen-bond donors (Lipinski definition) is 1. The normalized spacial score (nSPS) is 12.1. The van der Waals surface area contributed by atoms with E-state index in [1.54, 1.807) is 0 Å². The minimum Gasteiger partial charge on any atom is -0.331 e. The third kappa shape index (κ3) is 26.1. The standard InChI is InChI=1S/C24H55N2Si/c1-26(2,3)23-19-17-15-13-11-9-7-5-4-6-8-10-12-14-16-18-21-25-22-20-24-27/h25H,4-24H2,1-3,27H3/q+1. The molecule has 0 aliphatic heterocycles. The summed E-state index contributed by atoms with van der Waals surface area (Å²) in [5.41, 5.74) is 0. The molecule has 1 N–H and O–H groups in total. The molecular weight excluding hydrogens is 344 g/mol. The van der Waals surface area contributed by atoms with Crippen molar-refractivity contribution in [1.29, 1.82) is 0 Å². The van der Waals surface area contributed by atoms with Crippen LogP contribution in [0.15, 0.2) is 0 Å². The number of nitrogens with one attached hydrogen (secondary N) is 1. The second-order valence-electron chi connectivity index (χ2n) is 9.77. The first-order chi connectivity index (χ1) is 13.1. The summed E-state index contributed by atoms with van der Waals surface area (Å²) in [5.74, 6) is 0. The van der Waals surface area contributed by atoms with E-state index in [1.807, 2.05) is 0 Å². The predicted octanol–water partition coefficient (Wildman–Crippen LogP) is 5.70. The van der Waals surface area contributed by atoms with Gasteiger partial charge in [-0.15, -0.1) is 0 Å². The lowest BCUT2D eigenvalue weighted by Crippen LogP contribution is -2.35. The van der Waals surface area contributed by atoms with Gasteiger partial charge in [0.1, 0.15) is 0 Å². The molecule has 0 bridgehead atoms. The Morgan fingerprint density at radius 1 is 0.481 bits per heavy atom. The van der Waals surface area contributed by atoms with Gasteiger partial charge in [-0.3, -0.25) is 0 Å². The first-order valence-electron chi connectivity index (χ1n) is 12.6. The maximum absolute atomic E-state index is 3.57. The zero-order chi connectivity index (χ0) is 20.1. The van der Waals surface area contributed by atoms with Crippen LogP contribution in [-0.2, 0) is 0 Å². The van der Waals surface area contributed by atoms with Crippen LogP contribution in [-0.4, -0.2) is 55.5 Å². The molecule has 0 unspecified atom stereocenters. The van der Waals surface area contributed by atoms with E-state index in [1.165, 1.54) is 145 Å². The first kappa shape index (κ1) is 27.1. The number of hydrogen-bond acceptors (Lipinski definition) is 1. The zero-order valence-corrected chi connectivity index (χ0v) is 21.8. The second kappa shape index (κ2) is 20.9. The van der Waals surface area contributed by atoms with Crippen molar-refractivity contribution in [2.75, 3.05) is 40.8 Å². The van der Waals surface area contributed by atoms with Crippen molar-refractivity contribution < 1.29 is 4.48 Å². The van der Waals surface area contributed by atoms with Gasteiger partial charge < -0.3 is 9.80 Å². The quantitative estimate of drug-likeness (QED) is 0.140. The van der Waals surface area contributed by atoms with Crippen molar-refractivity contribution >= 4 is 10.2 Å². The van der Waals surface area contributed by atoms with E-state index in [9.17, 15) is 0 Å². The molecule has 0 atom stereocenters. The van der Waals surface area contributed by atoms with Crippen molar-refractivity contribution in [3.8, 4) is 0 Å². The molecule has 0 aromatic rings. The van der Waals surface area contributed by atoms with Crippen molar-refractivity contribution in [2.45, 2.75) is 115 Å². The van der Waals surface area contributed by atoms with Gasteiger partial charge in [-0.05, 0) is 38.8 Å². The molecule has 0 spiro atoms. The van der Waals surface area contributed by atoms with Crippen LogP contribution < -0.4 is 5.32 Å². The molecule has 0 saturated heterocycles. The molecule has 0 aliphatic rings. The van der Waals surface area contributed by atoms with Gasteiger partial charge in [0.2, 0.25) is 0 Å². The molecule has 27 heavy (non-hydrogen) atoms. The number of quaternary nitrogens is 1. The van der Waals surface area contributed by atoms with Gasteiger partial charge in [0.15, 0.2) is 0 Å². The summed E-state index contributed by atoms with van der Waals surface area (Å²) in [7, 11) is 8.27. The van der Waals surface area contributed by atoms with Gasteiger partial charge in [-0.25, -0.2) is 0 Å². The van der Waals surface area contributed by atoms with E-state index in [0.717, 1.165) is 4.48 Å². The lowest BCUT2D eigenvalue weighted by molar-refractivity contribution is -0.870. The highest BCUT2D eigenvalue weighted by molar-refractivity contribution is 6.08. The minimum atomic E-state index is 1.12. The summed E-state index contributed by atoms with van der Waals surface area (Å²) in [6.07, 6.45) is 24.7. The van der Waals surface area contributed by atoms with E-state index in [2.05, 4.69) is 26.5 Å². The lowest BCUT2D eigenvalue weighted by atomic mass is 10.0. The number of unbranched alkanes of at least 4 members (excludes halogenated alkanes) is 15. The summed E-state index contributed by atoms with van der Waals surface area (Å²) in [5, 5.41) is 3.57.